The van der Waals surface area contributed by atoms with Crippen LogP contribution in [0.25, 0.3) is 11.6 Å². The molecule has 5 rings (SSSR count). The number of fused-ring (bicyclic) bond motifs is 1. The molecule has 1 fully saturated rings. The number of hydrogen-bond acceptors (Lipinski definition) is 0. The second-order valence-electron chi connectivity index (χ2n) is 12.2. The Labute approximate surface area is 213 Å². The maximum atomic E-state index is 4.55. The minimum absolute atomic E-state index is 0.149. The lowest BCUT2D eigenvalue weighted by Gasteiger charge is -2.22. The summed E-state index contributed by atoms with van der Waals surface area (Å²) in [6.45, 7) is 13.6. The first kappa shape index (κ1) is 24.1. The van der Waals surface area contributed by atoms with Gasteiger partial charge in [0.2, 0.25) is 0 Å². The maximum Gasteiger partial charge on any atom is -0.00137 e. The van der Waals surface area contributed by atoms with E-state index in [2.05, 4.69) is 88.9 Å². The van der Waals surface area contributed by atoms with Crippen molar-refractivity contribution in [3.05, 3.63) is 105 Å². The van der Waals surface area contributed by atoms with Crippen LogP contribution in [0, 0.1) is 12.8 Å². The zero-order valence-corrected chi connectivity index (χ0v) is 22.3. The summed E-state index contributed by atoms with van der Waals surface area (Å²) in [4.78, 5) is 0. The van der Waals surface area contributed by atoms with Gasteiger partial charge in [0.05, 0.1) is 0 Å². The lowest BCUT2D eigenvalue weighted by molar-refractivity contribution is 0.356. The molecule has 0 atom stereocenters. The lowest BCUT2D eigenvalue weighted by Crippen LogP contribution is -2.11. The summed E-state index contributed by atoms with van der Waals surface area (Å²) in [6, 6.07) is 14.2. The normalized spacial score (nSPS) is 18.2. The first-order valence-corrected chi connectivity index (χ1v) is 13.8. The summed E-state index contributed by atoms with van der Waals surface area (Å²) in [7, 11) is 0. The molecule has 0 bridgehead atoms. The molecule has 0 nitrogen and oxygen atoms in total. The second-order valence-corrected chi connectivity index (χ2v) is 12.2. The molecule has 0 saturated heterocycles. The minimum Gasteiger partial charge on any atom is -0.0949 e. The van der Waals surface area contributed by atoms with Gasteiger partial charge in [-0.25, -0.2) is 0 Å². The Hall–Kier alpha value is -2.60. The van der Waals surface area contributed by atoms with Gasteiger partial charge in [-0.05, 0) is 99.6 Å². The van der Waals surface area contributed by atoms with Crippen molar-refractivity contribution in [2.75, 3.05) is 0 Å². The van der Waals surface area contributed by atoms with E-state index < -0.39 is 0 Å². The van der Waals surface area contributed by atoms with Gasteiger partial charge >= 0.3 is 0 Å². The zero-order chi connectivity index (χ0) is 24.6. The third kappa shape index (κ3) is 5.32. The SMILES string of the molecule is C=C(CC1=CCC=C1C1=Cc2cc(CC3CCCCC3)ccc2C1)c1cc(C(C)(C)C)ccc1C. The van der Waals surface area contributed by atoms with Crippen LogP contribution in [0.4, 0.5) is 0 Å². The van der Waals surface area contributed by atoms with E-state index in [1.165, 1.54) is 94.2 Å². The molecule has 0 radical (unpaired) electrons. The summed E-state index contributed by atoms with van der Waals surface area (Å²) in [6.07, 6.45) is 18.7. The monoisotopic (exact) mass is 462 g/mol. The van der Waals surface area contributed by atoms with Crippen LogP contribution in [0.5, 0.6) is 0 Å². The number of hydrogen-bond donors (Lipinski definition) is 0. The predicted octanol–water partition coefficient (Wildman–Crippen LogP) is 9.71. The number of benzene rings is 2. The Morgan fingerprint density at radius 3 is 2.54 bits per heavy atom. The molecule has 182 valence electrons. The van der Waals surface area contributed by atoms with E-state index in [4.69, 9.17) is 0 Å². The quantitative estimate of drug-likeness (QED) is 0.401. The zero-order valence-electron chi connectivity index (χ0n) is 22.3. The van der Waals surface area contributed by atoms with Gasteiger partial charge in [-0.3, -0.25) is 0 Å². The van der Waals surface area contributed by atoms with Gasteiger partial charge < -0.3 is 0 Å². The first-order valence-electron chi connectivity index (χ1n) is 13.8. The minimum atomic E-state index is 0.149. The topological polar surface area (TPSA) is 0 Å². The van der Waals surface area contributed by atoms with E-state index in [9.17, 15) is 0 Å². The highest BCUT2D eigenvalue weighted by molar-refractivity contribution is 5.76. The predicted molar refractivity (Wildman–Crippen MR) is 153 cm³/mol. The summed E-state index contributed by atoms with van der Waals surface area (Å²) in [5.74, 6) is 0.894. The van der Waals surface area contributed by atoms with E-state index in [1.54, 1.807) is 0 Å². The van der Waals surface area contributed by atoms with E-state index in [0.717, 1.165) is 25.2 Å². The summed E-state index contributed by atoms with van der Waals surface area (Å²) in [5.41, 5.74) is 14.3. The van der Waals surface area contributed by atoms with Gasteiger partial charge in [0, 0.05) is 0 Å². The molecule has 3 aliphatic carbocycles. The van der Waals surface area contributed by atoms with Crippen LogP contribution in [-0.2, 0) is 18.3 Å². The van der Waals surface area contributed by atoms with E-state index in [1.807, 2.05) is 0 Å². The Morgan fingerprint density at radius 1 is 0.971 bits per heavy atom. The van der Waals surface area contributed by atoms with E-state index in [0.29, 0.717) is 0 Å². The highest BCUT2D eigenvalue weighted by Crippen LogP contribution is 2.40. The summed E-state index contributed by atoms with van der Waals surface area (Å²) < 4.78 is 0. The smallest absolute Gasteiger partial charge is 0.00137 e. The van der Waals surface area contributed by atoms with Crippen LogP contribution in [0.3, 0.4) is 0 Å². The third-order valence-corrected chi connectivity index (χ3v) is 8.44. The molecule has 35 heavy (non-hydrogen) atoms. The first-order chi connectivity index (χ1) is 16.8. The molecule has 0 amide bonds. The summed E-state index contributed by atoms with van der Waals surface area (Å²) >= 11 is 0. The highest BCUT2D eigenvalue weighted by atomic mass is 14.3. The largest absolute Gasteiger partial charge is 0.0949 e. The number of rotatable bonds is 6. The van der Waals surface area contributed by atoms with Crippen molar-refractivity contribution < 1.29 is 0 Å². The van der Waals surface area contributed by atoms with Crippen LogP contribution >= 0.6 is 0 Å². The molecule has 2 aromatic carbocycles. The van der Waals surface area contributed by atoms with Crippen molar-refractivity contribution in [2.45, 2.75) is 90.9 Å². The third-order valence-electron chi connectivity index (χ3n) is 8.44. The molecular weight excluding hydrogens is 420 g/mol. The molecule has 0 heterocycles. The van der Waals surface area contributed by atoms with Crippen molar-refractivity contribution in [3.63, 3.8) is 0 Å². The van der Waals surface area contributed by atoms with Crippen molar-refractivity contribution in [1.82, 2.24) is 0 Å². The van der Waals surface area contributed by atoms with E-state index >= 15 is 0 Å². The molecule has 0 aliphatic heterocycles. The average Bonchev–Trinajstić information content (AvgIpc) is 3.45. The number of allylic oxidation sites excluding steroid dienone is 6. The highest BCUT2D eigenvalue weighted by Gasteiger charge is 2.23. The fourth-order valence-corrected chi connectivity index (χ4v) is 6.27. The molecule has 2 aromatic rings. The molecular formula is C35H42. The van der Waals surface area contributed by atoms with Crippen molar-refractivity contribution in [3.8, 4) is 0 Å². The van der Waals surface area contributed by atoms with Crippen molar-refractivity contribution >= 4 is 11.6 Å². The maximum absolute atomic E-state index is 4.55. The van der Waals surface area contributed by atoms with E-state index in [-0.39, 0.29) is 5.41 Å². The van der Waals surface area contributed by atoms with Crippen molar-refractivity contribution in [2.24, 2.45) is 5.92 Å². The Bertz CT molecular complexity index is 1220. The van der Waals surface area contributed by atoms with Gasteiger partial charge in [-0.2, -0.15) is 0 Å². The Morgan fingerprint density at radius 2 is 1.77 bits per heavy atom. The Balaban J connectivity index is 1.30. The molecule has 3 aliphatic rings. The lowest BCUT2D eigenvalue weighted by atomic mass is 9.83. The number of aryl methyl sites for hydroxylation is 1. The van der Waals surface area contributed by atoms with Gasteiger partial charge in [0.1, 0.15) is 0 Å². The van der Waals surface area contributed by atoms with Crippen LogP contribution < -0.4 is 0 Å². The molecule has 0 spiro atoms. The molecule has 0 heteroatoms. The van der Waals surface area contributed by atoms with Gasteiger partial charge in [-0.15, -0.1) is 0 Å². The fourth-order valence-electron chi connectivity index (χ4n) is 6.27. The van der Waals surface area contributed by atoms with Crippen LogP contribution in [0.15, 0.2) is 71.8 Å². The summed E-state index contributed by atoms with van der Waals surface area (Å²) in [5, 5.41) is 0. The van der Waals surface area contributed by atoms with Crippen LogP contribution in [0.2, 0.25) is 0 Å². The average molecular weight is 463 g/mol. The van der Waals surface area contributed by atoms with Crippen LogP contribution in [-0.4, -0.2) is 0 Å². The second kappa shape index (κ2) is 9.81. The molecule has 0 N–H and O–H groups in total. The van der Waals surface area contributed by atoms with Gasteiger partial charge in [0.15, 0.2) is 0 Å². The van der Waals surface area contributed by atoms with Crippen LogP contribution in [0.1, 0.15) is 99.1 Å². The van der Waals surface area contributed by atoms with Gasteiger partial charge in [0.25, 0.3) is 0 Å². The fraction of sp³-hybridized carbons (Fsp3) is 0.429. The molecule has 0 unspecified atom stereocenters. The Kier molecular flexibility index (Phi) is 6.75. The standard InChI is InChI=1S/C35H42/c1-24-14-17-32(35(3,4)5)23-34(24)25(2)18-29-12-9-13-33(29)31-21-28-16-15-27(20-30(28)22-31)19-26-10-7-6-8-11-26/h12-17,20,22-23,26H,2,6-11,18-19,21H2,1,3-5H3. The molecule has 0 aromatic heterocycles. The van der Waals surface area contributed by atoms with Gasteiger partial charge in [-0.1, -0.05) is 114 Å². The molecule has 1 saturated carbocycles. The van der Waals surface area contributed by atoms with Crippen molar-refractivity contribution in [1.29, 1.82) is 0 Å².